The minimum Gasteiger partial charge on any atom is -0.436 e. The lowest BCUT2D eigenvalue weighted by atomic mass is 10.1. The average Bonchev–Trinajstić information content (AvgIpc) is 3.19. The molecule has 5 aromatic rings. The molecule has 0 aliphatic heterocycles. The van der Waals surface area contributed by atoms with Crippen molar-refractivity contribution in [2.24, 2.45) is 0 Å². The number of aromatic nitrogens is 3. The molecule has 0 saturated heterocycles. The van der Waals surface area contributed by atoms with Crippen molar-refractivity contribution in [3.63, 3.8) is 0 Å². The SMILES string of the molecule is O=[N+]([O-])c1ccc(Oc2ncnc3scc(-c4ccc(Cl)cc4)c23)c2ncccc12. The summed E-state index contributed by atoms with van der Waals surface area (Å²) in [4.78, 5) is 24.7. The molecule has 9 heteroatoms. The van der Waals surface area contributed by atoms with Gasteiger partial charge in [-0.3, -0.25) is 15.1 Å². The molecule has 146 valence electrons. The summed E-state index contributed by atoms with van der Waals surface area (Å²) in [5.74, 6) is 0.733. The number of ether oxygens (including phenoxy) is 1. The number of halogens is 1. The van der Waals surface area contributed by atoms with Crippen LogP contribution in [0, 0.1) is 10.1 Å². The normalized spacial score (nSPS) is 11.1. The van der Waals surface area contributed by atoms with E-state index >= 15 is 0 Å². The van der Waals surface area contributed by atoms with E-state index in [2.05, 4.69) is 15.0 Å². The fraction of sp³-hybridized carbons (Fsp3) is 0. The molecule has 0 atom stereocenters. The van der Waals surface area contributed by atoms with Crippen LogP contribution in [-0.4, -0.2) is 19.9 Å². The van der Waals surface area contributed by atoms with Crippen LogP contribution in [0.4, 0.5) is 5.69 Å². The number of benzene rings is 2. The van der Waals surface area contributed by atoms with E-state index in [4.69, 9.17) is 16.3 Å². The van der Waals surface area contributed by atoms with Crippen LogP contribution in [0.3, 0.4) is 0 Å². The summed E-state index contributed by atoms with van der Waals surface area (Å²) in [6.07, 6.45) is 3.00. The molecule has 7 nitrogen and oxygen atoms in total. The fourth-order valence-electron chi connectivity index (χ4n) is 3.24. The third kappa shape index (κ3) is 3.12. The standard InChI is InChI=1S/C21H11ClN4O3S/c22-13-5-3-12(4-6-13)15-10-30-21-18(15)20(24-11-25-21)29-17-8-7-16(26(27)28)14-2-1-9-23-19(14)17/h1-11H. The molecule has 0 fully saturated rings. The Bertz CT molecular complexity index is 1420. The monoisotopic (exact) mass is 434 g/mol. The Hall–Kier alpha value is -3.62. The van der Waals surface area contributed by atoms with Crippen molar-refractivity contribution in [2.75, 3.05) is 0 Å². The first-order valence-corrected chi connectivity index (χ1v) is 10.1. The molecule has 3 heterocycles. The zero-order valence-electron chi connectivity index (χ0n) is 15.2. The lowest BCUT2D eigenvalue weighted by Gasteiger charge is -2.10. The lowest BCUT2D eigenvalue weighted by molar-refractivity contribution is -0.383. The van der Waals surface area contributed by atoms with Crippen molar-refractivity contribution in [1.82, 2.24) is 15.0 Å². The third-order valence-electron chi connectivity index (χ3n) is 4.60. The number of fused-ring (bicyclic) bond motifs is 2. The minimum atomic E-state index is -0.436. The van der Waals surface area contributed by atoms with Gasteiger partial charge in [0.1, 0.15) is 16.7 Å². The Labute approximate surface area is 178 Å². The van der Waals surface area contributed by atoms with Crippen LogP contribution >= 0.6 is 22.9 Å². The molecule has 0 amide bonds. The van der Waals surface area contributed by atoms with E-state index in [1.807, 2.05) is 29.6 Å². The maximum Gasteiger partial charge on any atom is 0.279 e. The summed E-state index contributed by atoms with van der Waals surface area (Å²) < 4.78 is 6.13. The van der Waals surface area contributed by atoms with E-state index < -0.39 is 4.92 Å². The summed E-state index contributed by atoms with van der Waals surface area (Å²) in [7, 11) is 0. The maximum absolute atomic E-state index is 11.4. The molecule has 3 aromatic heterocycles. The predicted octanol–water partition coefficient (Wildman–Crippen LogP) is 6.26. The van der Waals surface area contributed by atoms with E-state index in [1.165, 1.54) is 29.8 Å². The Morgan fingerprint density at radius 3 is 2.67 bits per heavy atom. The summed E-state index contributed by atoms with van der Waals surface area (Å²) >= 11 is 7.50. The second kappa shape index (κ2) is 7.33. The summed E-state index contributed by atoms with van der Waals surface area (Å²) in [5, 5.41) is 15.1. The van der Waals surface area contributed by atoms with Crippen LogP contribution in [0.25, 0.3) is 32.2 Å². The van der Waals surface area contributed by atoms with E-state index in [0.29, 0.717) is 27.6 Å². The number of non-ortho nitro benzene ring substituents is 1. The van der Waals surface area contributed by atoms with Crippen LogP contribution in [0.2, 0.25) is 5.02 Å². The molecule has 0 aliphatic rings. The third-order valence-corrected chi connectivity index (χ3v) is 5.74. The number of thiophene rings is 1. The molecular formula is C21H11ClN4O3S. The van der Waals surface area contributed by atoms with Crippen LogP contribution in [0.15, 0.2) is 66.4 Å². The van der Waals surface area contributed by atoms with Gasteiger partial charge < -0.3 is 4.74 Å². The Balaban J connectivity index is 1.67. The van der Waals surface area contributed by atoms with Gasteiger partial charge in [-0.25, -0.2) is 9.97 Å². The molecule has 0 bridgehead atoms. The van der Waals surface area contributed by atoms with E-state index in [0.717, 1.165) is 21.3 Å². The van der Waals surface area contributed by atoms with Crippen molar-refractivity contribution in [1.29, 1.82) is 0 Å². The highest BCUT2D eigenvalue weighted by atomic mass is 35.5. The molecule has 0 aliphatic carbocycles. The van der Waals surface area contributed by atoms with E-state index in [1.54, 1.807) is 18.3 Å². The molecule has 0 radical (unpaired) electrons. The second-order valence-corrected chi connectivity index (χ2v) is 7.65. The van der Waals surface area contributed by atoms with Crippen molar-refractivity contribution in [3.05, 3.63) is 81.6 Å². The summed E-state index contributed by atoms with van der Waals surface area (Å²) in [6.45, 7) is 0. The van der Waals surface area contributed by atoms with Crippen LogP contribution in [0.1, 0.15) is 0 Å². The van der Waals surface area contributed by atoms with E-state index in [-0.39, 0.29) is 5.69 Å². The smallest absolute Gasteiger partial charge is 0.279 e. The Morgan fingerprint density at radius 1 is 1.03 bits per heavy atom. The van der Waals surface area contributed by atoms with Crippen molar-refractivity contribution in [3.8, 4) is 22.8 Å². The first-order valence-electron chi connectivity index (χ1n) is 8.80. The number of nitro groups is 1. The van der Waals surface area contributed by atoms with E-state index in [9.17, 15) is 10.1 Å². The zero-order valence-corrected chi connectivity index (χ0v) is 16.7. The molecular weight excluding hydrogens is 424 g/mol. The Kier molecular flexibility index (Phi) is 4.50. The highest BCUT2D eigenvalue weighted by Crippen LogP contribution is 2.41. The summed E-state index contributed by atoms with van der Waals surface area (Å²) in [6, 6.07) is 13.7. The van der Waals surface area contributed by atoms with Gasteiger partial charge in [-0.15, -0.1) is 11.3 Å². The quantitative estimate of drug-likeness (QED) is 0.245. The highest BCUT2D eigenvalue weighted by Gasteiger charge is 2.19. The predicted molar refractivity (Wildman–Crippen MR) is 116 cm³/mol. The van der Waals surface area contributed by atoms with Crippen LogP contribution in [0.5, 0.6) is 11.6 Å². The molecule has 0 spiro atoms. The number of rotatable bonds is 4. The van der Waals surface area contributed by atoms with Gasteiger partial charge in [0.15, 0.2) is 5.75 Å². The van der Waals surface area contributed by atoms with Crippen molar-refractivity contribution < 1.29 is 9.66 Å². The van der Waals surface area contributed by atoms with Gasteiger partial charge in [-0.05, 0) is 35.9 Å². The molecule has 0 saturated carbocycles. The first kappa shape index (κ1) is 18.4. The molecule has 5 rings (SSSR count). The molecule has 0 N–H and O–H groups in total. The van der Waals surface area contributed by atoms with Gasteiger partial charge in [0.05, 0.1) is 15.7 Å². The van der Waals surface area contributed by atoms with Crippen LogP contribution < -0.4 is 4.74 Å². The van der Waals surface area contributed by atoms with Gasteiger partial charge in [0.2, 0.25) is 5.88 Å². The molecule has 2 aromatic carbocycles. The minimum absolute atomic E-state index is 0.0318. The lowest BCUT2D eigenvalue weighted by Crippen LogP contribution is -1.95. The topological polar surface area (TPSA) is 91.0 Å². The average molecular weight is 435 g/mol. The van der Waals surface area contributed by atoms with Crippen LogP contribution in [-0.2, 0) is 0 Å². The fourth-order valence-corrected chi connectivity index (χ4v) is 4.28. The number of nitro benzene ring substituents is 1. The maximum atomic E-state index is 11.4. The largest absolute Gasteiger partial charge is 0.436 e. The van der Waals surface area contributed by atoms with Gasteiger partial charge in [-0.1, -0.05) is 23.7 Å². The summed E-state index contributed by atoms with van der Waals surface area (Å²) in [5.41, 5.74) is 2.23. The van der Waals surface area contributed by atoms with Gasteiger partial charge in [-0.2, -0.15) is 0 Å². The number of pyridine rings is 1. The van der Waals surface area contributed by atoms with Crippen molar-refractivity contribution >= 4 is 49.7 Å². The second-order valence-electron chi connectivity index (χ2n) is 6.36. The molecule has 0 unspecified atom stereocenters. The molecule has 30 heavy (non-hydrogen) atoms. The first-order chi connectivity index (χ1) is 14.6. The zero-order chi connectivity index (χ0) is 20.7. The number of hydrogen-bond donors (Lipinski definition) is 0. The number of hydrogen-bond acceptors (Lipinski definition) is 7. The van der Waals surface area contributed by atoms with Gasteiger partial charge in [0.25, 0.3) is 5.69 Å². The van der Waals surface area contributed by atoms with Crippen molar-refractivity contribution in [2.45, 2.75) is 0 Å². The number of nitrogens with zero attached hydrogens (tertiary/aromatic N) is 4. The highest BCUT2D eigenvalue weighted by molar-refractivity contribution is 7.17. The van der Waals surface area contributed by atoms with Gasteiger partial charge in [0, 0.05) is 28.2 Å². The van der Waals surface area contributed by atoms with Gasteiger partial charge >= 0.3 is 0 Å². The Morgan fingerprint density at radius 2 is 1.87 bits per heavy atom.